The van der Waals surface area contributed by atoms with Gasteiger partial charge in [-0.25, -0.2) is 9.37 Å². The number of rotatable bonds is 5. The number of nitrogens with one attached hydrogen (secondary N) is 1. The minimum absolute atomic E-state index is 0.137. The third kappa shape index (κ3) is 4.23. The highest BCUT2D eigenvalue weighted by atomic mass is 19.1. The van der Waals surface area contributed by atoms with E-state index in [1.54, 1.807) is 6.20 Å². The van der Waals surface area contributed by atoms with Crippen LogP contribution in [0.1, 0.15) is 36.5 Å². The number of hydrogen-bond donors (Lipinski definition) is 2. The van der Waals surface area contributed by atoms with E-state index in [1.165, 1.54) is 6.20 Å². The maximum Gasteiger partial charge on any atom is 0.253 e. The molecule has 0 aliphatic carbocycles. The van der Waals surface area contributed by atoms with E-state index in [1.807, 2.05) is 24.0 Å². The fraction of sp³-hybridized carbons (Fsp3) is 0.571. The van der Waals surface area contributed by atoms with E-state index in [-0.39, 0.29) is 5.56 Å². The summed E-state index contributed by atoms with van der Waals surface area (Å²) < 4.78 is 21.6. The summed E-state index contributed by atoms with van der Waals surface area (Å²) in [5, 5.41) is 14.2. The molecule has 8 nitrogen and oxygen atoms in total. The number of pyridine rings is 1. The second kappa shape index (κ2) is 8.41. The zero-order valence-corrected chi connectivity index (χ0v) is 17.1. The van der Waals surface area contributed by atoms with Gasteiger partial charge in [-0.05, 0) is 32.3 Å². The normalized spacial score (nSPS) is 26.6. The first-order valence-corrected chi connectivity index (χ1v) is 10.3. The van der Waals surface area contributed by atoms with Crippen LogP contribution >= 0.6 is 0 Å². The molecule has 0 radical (unpaired) electrons. The van der Waals surface area contributed by atoms with Gasteiger partial charge in [0.05, 0.1) is 29.2 Å². The molecule has 2 atom stereocenters. The van der Waals surface area contributed by atoms with Gasteiger partial charge in [0.2, 0.25) is 0 Å². The SMILES string of the molecule is C[C@@]1(NC(=O)c2cncc(F)c2)CCOC2(CCN(CCn3ccnc3)CC2)[C@H]1O. The monoisotopic (exact) mass is 417 g/mol. The average molecular weight is 417 g/mol. The number of aliphatic hydroxyl groups is 1. The molecule has 0 aromatic carbocycles. The van der Waals surface area contributed by atoms with E-state index < -0.39 is 29.0 Å². The van der Waals surface area contributed by atoms with Gasteiger partial charge in [0.25, 0.3) is 5.91 Å². The number of carbonyl (C=O) groups is 1. The zero-order valence-electron chi connectivity index (χ0n) is 17.1. The first-order chi connectivity index (χ1) is 14.4. The quantitative estimate of drug-likeness (QED) is 0.760. The smallest absolute Gasteiger partial charge is 0.253 e. The number of likely N-dealkylation sites (tertiary alicyclic amines) is 1. The summed E-state index contributed by atoms with van der Waals surface area (Å²) in [6.07, 6.45) is 8.89. The molecule has 2 aliphatic rings. The minimum Gasteiger partial charge on any atom is -0.388 e. The Kier molecular flexibility index (Phi) is 5.86. The van der Waals surface area contributed by atoms with Gasteiger partial charge in [-0.2, -0.15) is 0 Å². The standard InChI is InChI=1S/C21H28FN5O3/c1-20(25-18(28)16-12-17(22)14-24-13-16)4-11-30-21(19(20)29)2-6-26(7-3-21)9-10-27-8-5-23-15-27/h5,8,12-15,19,29H,2-4,6-7,9-11H2,1H3,(H,25,28)/t19-,20+/m0/s1. The maximum atomic E-state index is 13.4. The molecule has 4 heterocycles. The summed E-state index contributed by atoms with van der Waals surface area (Å²) in [4.78, 5) is 22.8. The number of carbonyl (C=O) groups excluding carboxylic acids is 1. The number of ether oxygens (including phenoxy) is 1. The third-order valence-corrected chi connectivity index (χ3v) is 6.41. The number of nitrogens with zero attached hydrogens (tertiary/aromatic N) is 4. The molecule has 1 spiro atoms. The van der Waals surface area contributed by atoms with Crippen molar-refractivity contribution in [2.75, 3.05) is 26.2 Å². The van der Waals surface area contributed by atoms with Gasteiger partial charge >= 0.3 is 0 Å². The maximum absolute atomic E-state index is 13.4. The Morgan fingerprint density at radius 2 is 2.10 bits per heavy atom. The Bertz CT molecular complexity index is 869. The Labute approximate surface area is 175 Å². The highest BCUT2D eigenvalue weighted by Gasteiger charge is 2.53. The Morgan fingerprint density at radius 3 is 2.80 bits per heavy atom. The van der Waals surface area contributed by atoms with Crippen molar-refractivity contribution in [1.29, 1.82) is 0 Å². The van der Waals surface area contributed by atoms with Crippen LogP contribution in [0.2, 0.25) is 0 Å². The average Bonchev–Trinajstić information content (AvgIpc) is 3.25. The molecular weight excluding hydrogens is 389 g/mol. The number of hydrogen-bond acceptors (Lipinski definition) is 6. The van der Waals surface area contributed by atoms with Crippen molar-refractivity contribution in [2.45, 2.75) is 50.0 Å². The van der Waals surface area contributed by atoms with Crippen molar-refractivity contribution in [3.63, 3.8) is 0 Å². The highest BCUT2D eigenvalue weighted by Crippen LogP contribution is 2.40. The van der Waals surface area contributed by atoms with Crippen molar-refractivity contribution in [3.8, 4) is 0 Å². The molecule has 2 saturated heterocycles. The molecule has 4 rings (SSSR count). The van der Waals surface area contributed by atoms with Crippen molar-refractivity contribution in [1.82, 2.24) is 24.8 Å². The fourth-order valence-corrected chi connectivity index (χ4v) is 4.51. The molecule has 0 saturated carbocycles. The van der Waals surface area contributed by atoms with Crippen molar-refractivity contribution in [2.24, 2.45) is 0 Å². The number of amides is 1. The van der Waals surface area contributed by atoms with Crippen LogP contribution in [0.3, 0.4) is 0 Å². The van der Waals surface area contributed by atoms with Gasteiger partial charge in [0, 0.05) is 51.4 Å². The highest BCUT2D eigenvalue weighted by molar-refractivity contribution is 5.94. The molecule has 162 valence electrons. The van der Waals surface area contributed by atoms with E-state index in [9.17, 15) is 14.3 Å². The van der Waals surface area contributed by atoms with Crippen molar-refractivity contribution >= 4 is 5.91 Å². The summed E-state index contributed by atoms with van der Waals surface area (Å²) in [5.41, 5.74) is -1.41. The van der Waals surface area contributed by atoms with Crippen LogP contribution in [-0.4, -0.2) is 73.9 Å². The van der Waals surface area contributed by atoms with Crippen LogP contribution in [0.25, 0.3) is 0 Å². The number of imidazole rings is 1. The van der Waals surface area contributed by atoms with Crippen LogP contribution < -0.4 is 5.32 Å². The van der Waals surface area contributed by atoms with Crippen LogP contribution in [0.15, 0.2) is 37.2 Å². The summed E-state index contributed by atoms with van der Waals surface area (Å²) >= 11 is 0. The molecule has 2 fully saturated rings. The molecule has 9 heteroatoms. The predicted molar refractivity (Wildman–Crippen MR) is 107 cm³/mol. The molecule has 2 aliphatic heterocycles. The lowest BCUT2D eigenvalue weighted by Gasteiger charge is -2.53. The fourth-order valence-electron chi connectivity index (χ4n) is 4.51. The van der Waals surface area contributed by atoms with Crippen LogP contribution in [0.5, 0.6) is 0 Å². The van der Waals surface area contributed by atoms with Crippen molar-refractivity contribution in [3.05, 3.63) is 48.6 Å². The van der Waals surface area contributed by atoms with E-state index in [0.29, 0.717) is 25.9 Å². The van der Waals surface area contributed by atoms with Crippen LogP contribution in [0, 0.1) is 5.82 Å². The largest absolute Gasteiger partial charge is 0.388 e. The Balaban J connectivity index is 1.38. The zero-order chi connectivity index (χ0) is 21.2. The van der Waals surface area contributed by atoms with E-state index in [0.717, 1.165) is 38.4 Å². The first kappa shape index (κ1) is 20.9. The molecule has 2 N–H and O–H groups in total. The summed E-state index contributed by atoms with van der Waals surface area (Å²) in [6, 6.07) is 1.14. The van der Waals surface area contributed by atoms with E-state index in [2.05, 4.69) is 20.2 Å². The Hall–Kier alpha value is -2.36. The molecule has 1 amide bonds. The van der Waals surface area contributed by atoms with Gasteiger partial charge in [0.1, 0.15) is 11.9 Å². The lowest BCUT2D eigenvalue weighted by Crippen LogP contribution is -2.69. The predicted octanol–water partition coefficient (Wildman–Crippen LogP) is 1.22. The molecular formula is C21H28FN5O3. The first-order valence-electron chi connectivity index (χ1n) is 10.3. The lowest BCUT2D eigenvalue weighted by atomic mass is 9.73. The molecule has 0 bridgehead atoms. The van der Waals surface area contributed by atoms with Gasteiger partial charge in [-0.15, -0.1) is 0 Å². The van der Waals surface area contributed by atoms with E-state index >= 15 is 0 Å². The van der Waals surface area contributed by atoms with Gasteiger partial charge < -0.3 is 24.6 Å². The third-order valence-electron chi connectivity index (χ3n) is 6.41. The van der Waals surface area contributed by atoms with Crippen molar-refractivity contribution < 1.29 is 19.0 Å². The number of aliphatic hydroxyl groups excluding tert-OH is 1. The van der Waals surface area contributed by atoms with Crippen LogP contribution in [0.4, 0.5) is 4.39 Å². The topological polar surface area (TPSA) is 92.5 Å². The molecule has 0 unspecified atom stereocenters. The van der Waals surface area contributed by atoms with Gasteiger partial charge in [-0.3, -0.25) is 9.78 Å². The second-order valence-electron chi connectivity index (χ2n) is 8.47. The molecule has 2 aromatic heterocycles. The summed E-state index contributed by atoms with van der Waals surface area (Å²) in [6.45, 7) is 5.67. The summed E-state index contributed by atoms with van der Waals surface area (Å²) in [7, 11) is 0. The van der Waals surface area contributed by atoms with Gasteiger partial charge in [-0.1, -0.05) is 0 Å². The summed E-state index contributed by atoms with van der Waals surface area (Å²) in [5.74, 6) is -1.02. The van der Waals surface area contributed by atoms with E-state index in [4.69, 9.17) is 4.74 Å². The Morgan fingerprint density at radius 1 is 1.30 bits per heavy atom. The molecule has 30 heavy (non-hydrogen) atoms. The minimum atomic E-state index is -0.861. The second-order valence-corrected chi connectivity index (χ2v) is 8.47. The lowest BCUT2D eigenvalue weighted by molar-refractivity contribution is -0.205. The number of piperidine rings is 1. The van der Waals surface area contributed by atoms with Gasteiger partial charge in [0.15, 0.2) is 0 Å². The number of halogens is 1. The van der Waals surface area contributed by atoms with Crippen LogP contribution in [-0.2, 0) is 11.3 Å². The number of aromatic nitrogens is 3. The molecule has 2 aromatic rings.